The third-order valence-electron chi connectivity index (χ3n) is 2.85. The Morgan fingerprint density at radius 1 is 1.56 bits per heavy atom. The summed E-state index contributed by atoms with van der Waals surface area (Å²) >= 11 is 0. The van der Waals surface area contributed by atoms with Crippen molar-refractivity contribution in [2.24, 2.45) is 0 Å². The first-order valence-corrected chi connectivity index (χ1v) is 5.27. The molecule has 0 bridgehead atoms. The van der Waals surface area contributed by atoms with E-state index in [1.165, 1.54) is 0 Å². The van der Waals surface area contributed by atoms with Gasteiger partial charge in [-0.3, -0.25) is 9.78 Å². The number of aliphatic hydroxyl groups is 1. The van der Waals surface area contributed by atoms with E-state index in [0.29, 0.717) is 18.8 Å². The predicted molar refractivity (Wildman–Crippen MR) is 59.0 cm³/mol. The molecular formula is C11H15N3O2. The van der Waals surface area contributed by atoms with E-state index < -0.39 is 6.10 Å². The van der Waals surface area contributed by atoms with Crippen LogP contribution in [0.1, 0.15) is 10.5 Å². The van der Waals surface area contributed by atoms with Crippen LogP contribution < -0.4 is 5.32 Å². The summed E-state index contributed by atoms with van der Waals surface area (Å²) in [6.45, 7) is 1.15. The second-order valence-electron chi connectivity index (χ2n) is 3.92. The molecule has 2 heterocycles. The maximum Gasteiger partial charge on any atom is 0.272 e. The molecule has 1 aliphatic rings. The summed E-state index contributed by atoms with van der Waals surface area (Å²) in [6.07, 6.45) is 1.09. The quantitative estimate of drug-likeness (QED) is 0.705. The van der Waals surface area contributed by atoms with E-state index in [0.717, 1.165) is 0 Å². The zero-order chi connectivity index (χ0) is 11.5. The Balaban J connectivity index is 2.10. The number of β-amino-alcohol motifs (C(OH)–C–C–N with tert-alkyl or cyclic N) is 1. The molecule has 5 nitrogen and oxygen atoms in total. The van der Waals surface area contributed by atoms with E-state index in [-0.39, 0.29) is 11.9 Å². The van der Waals surface area contributed by atoms with Crippen LogP contribution in [0.25, 0.3) is 0 Å². The molecule has 0 saturated carbocycles. The van der Waals surface area contributed by atoms with Crippen LogP contribution in [0.5, 0.6) is 0 Å². The Bertz CT molecular complexity index is 369. The number of nitrogens with zero attached hydrogens (tertiary/aromatic N) is 2. The van der Waals surface area contributed by atoms with Crippen LogP contribution in [0.15, 0.2) is 24.4 Å². The van der Waals surface area contributed by atoms with E-state index in [9.17, 15) is 9.90 Å². The Labute approximate surface area is 94.1 Å². The fourth-order valence-electron chi connectivity index (χ4n) is 1.87. The third kappa shape index (κ3) is 2.05. The van der Waals surface area contributed by atoms with Gasteiger partial charge in [-0.15, -0.1) is 0 Å². The molecule has 1 aliphatic heterocycles. The fraction of sp³-hybridized carbons (Fsp3) is 0.455. The fourth-order valence-corrected chi connectivity index (χ4v) is 1.87. The summed E-state index contributed by atoms with van der Waals surface area (Å²) in [5.74, 6) is -0.159. The lowest BCUT2D eigenvalue weighted by molar-refractivity contribution is 0.0576. The monoisotopic (exact) mass is 221 g/mol. The van der Waals surface area contributed by atoms with Gasteiger partial charge in [0.1, 0.15) is 5.69 Å². The first-order valence-electron chi connectivity index (χ1n) is 5.27. The minimum atomic E-state index is -0.502. The summed E-state index contributed by atoms with van der Waals surface area (Å²) in [5, 5.41) is 12.7. The molecule has 1 fully saturated rings. The van der Waals surface area contributed by atoms with Crippen LogP contribution >= 0.6 is 0 Å². The van der Waals surface area contributed by atoms with Gasteiger partial charge >= 0.3 is 0 Å². The second kappa shape index (κ2) is 4.59. The van der Waals surface area contributed by atoms with Gasteiger partial charge in [-0.1, -0.05) is 6.07 Å². The summed E-state index contributed by atoms with van der Waals surface area (Å²) in [6, 6.07) is 5.04. The van der Waals surface area contributed by atoms with E-state index in [1.54, 1.807) is 36.3 Å². The normalized spacial score (nSPS) is 24.4. The van der Waals surface area contributed by atoms with Crippen molar-refractivity contribution in [2.45, 2.75) is 12.1 Å². The zero-order valence-electron chi connectivity index (χ0n) is 9.13. The molecule has 0 unspecified atom stereocenters. The summed E-state index contributed by atoms with van der Waals surface area (Å²) in [7, 11) is 1.69. The van der Waals surface area contributed by atoms with Crippen LogP contribution in [0.2, 0.25) is 0 Å². The molecular weight excluding hydrogens is 206 g/mol. The highest BCUT2D eigenvalue weighted by Gasteiger charge is 2.31. The van der Waals surface area contributed by atoms with Crippen molar-refractivity contribution in [1.82, 2.24) is 15.2 Å². The lowest BCUT2D eigenvalue weighted by Gasteiger charge is -2.25. The van der Waals surface area contributed by atoms with Gasteiger partial charge in [0.2, 0.25) is 0 Å². The summed E-state index contributed by atoms with van der Waals surface area (Å²) < 4.78 is 0. The standard InChI is InChI=1S/C11H15N3O2/c1-14(9-6-12-7-10(9)15)11(16)8-4-2-3-5-13-8/h2-5,9-10,12,15H,6-7H2,1H3/t9-,10-/m1/s1. The molecule has 2 atom stereocenters. The number of amides is 1. The highest BCUT2D eigenvalue weighted by atomic mass is 16.3. The number of carbonyl (C=O) groups is 1. The number of pyridine rings is 1. The first-order chi connectivity index (χ1) is 7.70. The summed E-state index contributed by atoms with van der Waals surface area (Å²) in [5.41, 5.74) is 0.407. The van der Waals surface area contributed by atoms with Crippen LogP contribution in [0.4, 0.5) is 0 Å². The minimum absolute atomic E-state index is 0.159. The Kier molecular flexibility index (Phi) is 3.17. The molecule has 86 valence electrons. The number of likely N-dealkylation sites (N-methyl/N-ethyl adjacent to an activating group) is 1. The second-order valence-corrected chi connectivity index (χ2v) is 3.92. The Morgan fingerprint density at radius 3 is 2.94 bits per heavy atom. The van der Waals surface area contributed by atoms with Gasteiger partial charge in [0.25, 0.3) is 5.91 Å². The number of carbonyl (C=O) groups excluding carboxylic acids is 1. The molecule has 0 spiro atoms. The molecule has 1 saturated heterocycles. The van der Waals surface area contributed by atoms with E-state index in [2.05, 4.69) is 10.3 Å². The third-order valence-corrected chi connectivity index (χ3v) is 2.85. The number of hydrogen-bond acceptors (Lipinski definition) is 4. The van der Waals surface area contributed by atoms with Crippen molar-refractivity contribution >= 4 is 5.91 Å². The topological polar surface area (TPSA) is 65.5 Å². The SMILES string of the molecule is CN(C(=O)c1ccccn1)[C@@H]1CNC[C@H]1O. The van der Waals surface area contributed by atoms with Crippen molar-refractivity contribution < 1.29 is 9.90 Å². The van der Waals surface area contributed by atoms with Crippen LogP contribution in [0, 0.1) is 0 Å². The zero-order valence-corrected chi connectivity index (χ0v) is 9.13. The first kappa shape index (κ1) is 11.0. The van der Waals surface area contributed by atoms with Gasteiger partial charge < -0.3 is 15.3 Å². The Morgan fingerprint density at radius 2 is 2.38 bits per heavy atom. The van der Waals surface area contributed by atoms with Crippen molar-refractivity contribution in [2.75, 3.05) is 20.1 Å². The molecule has 2 rings (SSSR count). The molecule has 0 radical (unpaired) electrons. The number of aliphatic hydroxyl groups excluding tert-OH is 1. The molecule has 2 N–H and O–H groups in total. The van der Waals surface area contributed by atoms with Gasteiger partial charge in [0, 0.05) is 26.3 Å². The van der Waals surface area contributed by atoms with Crippen molar-refractivity contribution in [3.05, 3.63) is 30.1 Å². The minimum Gasteiger partial charge on any atom is -0.390 e. The van der Waals surface area contributed by atoms with E-state index >= 15 is 0 Å². The highest BCUT2D eigenvalue weighted by Crippen LogP contribution is 2.10. The molecule has 16 heavy (non-hydrogen) atoms. The molecule has 5 heteroatoms. The van der Waals surface area contributed by atoms with E-state index in [1.807, 2.05) is 0 Å². The largest absolute Gasteiger partial charge is 0.390 e. The van der Waals surface area contributed by atoms with Crippen molar-refractivity contribution in [3.8, 4) is 0 Å². The van der Waals surface area contributed by atoms with Crippen LogP contribution in [-0.4, -0.2) is 53.2 Å². The maximum atomic E-state index is 12.0. The van der Waals surface area contributed by atoms with Crippen molar-refractivity contribution in [3.63, 3.8) is 0 Å². The van der Waals surface area contributed by atoms with Crippen molar-refractivity contribution in [1.29, 1.82) is 0 Å². The van der Waals surface area contributed by atoms with Crippen LogP contribution in [-0.2, 0) is 0 Å². The van der Waals surface area contributed by atoms with Gasteiger partial charge in [-0.05, 0) is 12.1 Å². The molecule has 1 aromatic heterocycles. The predicted octanol–water partition coefficient (Wildman–Crippen LogP) is -0.514. The smallest absolute Gasteiger partial charge is 0.272 e. The molecule has 0 aromatic carbocycles. The average molecular weight is 221 g/mol. The van der Waals surface area contributed by atoms with Gasteiger partial charge in [0.05, 0.1) is 12.1 Å². The molecule has 1 amide bonds. The maximum absolute atomic E-state index is 12.0. The summed E-state index contributed by atoms with van der Waals surface area (Å²) in [4.78, 5) is 17.6. The molecule has 0 aliphatic carbocycles. The number of aromatic nitrogens is 1. The highest BCUT2D eigenvalue weighted by molar-refractivity contribution is 5.92. The lowest BCUT2D eigenvalue weighted by atomic mass is 10.2. The number of nitrogens with one attached hydrogen (secondary N) is 1. The van der Waals surface area contributed by atoms with Gasteiger partial charge in [-0.25, -0.2) is 0 Å². The van der Waals surface area contributed by atoms with Crippen LogP contribution in [0.3, 0.4) is 0 Å². The average Bonchev–Trinajstić information content (AvgIpc) is 2.75. The lowest BCUT2D eigenvalue weighted by Crippen LogP contribution is -2.44. The molecule has 1 aromatic rings. The van der Waals surface area contributed by atoms with Gasteiger partial charge in [0.15, 0.2) is 0 Å². The Hall–Kier alpha value is -1.46. The number of hydrogen-bond donors (Lipinski definition) is 2. The van der Waals surface area contributed by atoms with E-state index in [4.69, 9.17) is 0 Å². The van der Waals surface area contributed by atoms with Gasteiger partial charge in [-0.2, -0.15) is 0 Å². The number of rotatable bonds is 2.